The van der Waals surface area contributed by atoms with Gasteiger partial charge in [0.2, 0.25) is 5.91 Å². The van der Waals surface area contributed by atoms with E-state index in [2.05, 4.69) is 12.2 Å². The lowest BCUT2D eigenvalue weighted by Crippen LogP contribution is -2.24. The number of anilines is 1. The minimum Gasteiger partial charge on any atom is -0.325 e. The summed E-state index contributed by atoms with van der Waals surface area (Å²) in [5.41, 5.74) is 5.17. The van der Waals surface area contributed by atoms with Crippen LogP contribution < -0.4 is 10.9 Å². The first-order valence-corrected chi connectivity index (χ1v) is 11.6. The Morgan fingerprint density at radius 3 is 2.41 bits per heavy atom. The topological polar surface area (TPSA) is 64.0 Å². The molecule has 0 saturated heterocycles. The SMILES string of the molecule is CCc1ccccc1NC(=O)CSc1nc2ccccc2c(=O)n1-c1c(C)cccc1C. The van der Waals surface area contributed by atoms with E-state index >= 15 is 0 Å². The first-order chi connectivity index (χ1) is 15.5. The number of rotatable bonds is 6. The lowest BCUT2D eigenvalue weighted by atomic mass is 10.1. The van der Waals surface area contributed by atoms with Gasteiger partial charge < -0.3 is 5.32 Å². The molecule has 4 rings (SSSR count). The first-order valence-electron chi connectivity index (χ1n) is 10.6. The molecular formula is C26H25N3O2S. The average molecular weight is 444 g/mol. The van der Waals surface area contributed by atoms with Gasteiger partial charge in [0.05, 0.1) is 22.3 Å². The Kier molecular flexibility index (Phi) is 6.42. The number of benzene rings is 3. The van der Waals surface area contributed by atoms with Gasteiger partial charge in [0.25, 0.3) is 5.56 Å². The van der Waals surface area contributed by atoms with E-state index in [0.29, 0.717) is 16.1 Å². The van der Waals surface area contributed by atoms with E-state index in [1.54, 1.807) is 10.6 Å². The Bertz CT molecular complexity index is 1340. The van der Waals surface area contributed by atoms with E-state index in [1.807, 2.05) is 74.5 Å². The molecule has 1 aromatic heterocycles. The molecule has 0 aliphatic rings. The van der Waals surface area contributed by atoms with E-state index in [1.165, 1.54) is 11.8 Å². The molecule has 3 aromatic carbocycles. The second-order valence-corrected chi connectivity index (χ2v) is 8.58. The fourth-order valence-corrected chi connectivity index (χ4v) is 4.63. The molecule has 4 aromatic rings. The van der Waals surface area contributed by atoms with E-state index in [-0.39, 0.29) is 17.2 Å². The van der Waals surface area contributed by atoms with Crippen LogP contribution in [0, 0.1) is 13.8 Å². The summed E-state index contributed by atoms with van der Waals surface area (Å²) in [5, 5.41) is 4.05. The van der Waals surface area contributed by atoms with Gasteiger partial charge in [0.15, 0.2) is 5.16 Å². The van der Waals surface area contributed by atoms with Crippen molar-refractivity contribution in [3.63, 3.8) is 0 Å². The van der Waals surface area contributed by atoms with Crippen molar-refractivity contribution >= 4 is 34.3 Å². The Morgan fingerprint density at radius 1 is 0.969 bits per heavy atom. The molecule has 0 radical (unpaired) electrons. The standard InChI is InChI=1S/C26H25N3O2S/c1-4-19-12-5-7-14-21(19)27-23(30)16-32-26-28-22-15-8-6-13-20(22)25(31)29(26)24-17(2)10-9-11-18(24)3/h5-15H,4,16H2,1-3H3,(H,27,30). The van der Waals surface area contributed by atoms with E-state index < -0.39 is 0 Å². The second-order valence-electron chi connectivity index (χ2n) is 7.64. The number of aryl methyl sites for hydroxylation is 3. The molecule has 0 unspecified atom stereocenters. The minimum absolute atomic E-state index is 0.132. The van der Waals surface area contributed by atoms with Gasteiger partial charge in [0.1, 0.15) is 0 Å². The van der Waals surface area contributed by atoms with Crippen molar-refractivity contribution in [3.05, 3.63) is 93.8 Å². The van der Waals surface area contributed by atoms with Crippen LogP contribution in [0.2, 0.25) is 0 Å². The normalized spacial score (nSPS) is 11.0. The number of aromatic nitrogens is 2. The molecule has 1 heterocycles. The number of hydrogen-bond acceptors (Lipinski definition) is 4. The van der Waals surface area contributed by atoms with E-state index in [0.717, 1.165) is 34.5 Å². The number of amides is 1. The Labute approximate surface area is 191 Å². The molecule has 6 heteroatoms. The van der Waals surface area contributed by atoms with Gasteiger partial charge in [-0.1, -0.05) is 67.2 Å². The van der Waals surface area contributed by atoms with Crippen LogP contribution in [0.5, 0.6) is 0 Å². The summed E-state index contributed by atoms with van der Waals surface area (Å²) < 4.78 is 1.64. The third kappa shape index (κ3) is 4.32. The third-order valence-electron chi connectivity index (χ3n) is 5.41. The smallest absolute Gasteiger partial charge is 0.266 e. The van der Waals surface area contributed by atoms with Gasteiger partial charge in [-0.2, -0.15) is 0 Å². The highest BCUT2D eigenvalue weighted by atomic mass is 32.2. The van der Waals surface area contributed by atoms with Crippen LogP contribution in [0.1, 0.15) is 23.6 Å². The molecule has 32 heavy (non-hydrogen) atoms. The summed E-state index contributed by atoms with van der Waals surface area (Å²) in [4.78, 5) is 31.0. The van der Waals surface area contributed by atoms with Crippen molar-refractivity contribution in [1.29, 1.82) is 0 Å². The van der Waals surface area contributed by atoms with E-state index in [4.69, 9.17) is 4.98 Å². The summed E-state index contributed by atoms with van der Waals surface area (Å²) >= 11 is 1.27. The van der Waals surface area contributed by atoms with Crippen molar-refractivity contribution < 1.29 is 4.79 Å². The second kappa shape index (κ2) is 9.40. The van der Waals surface area contributed by atoms with Crippen LogP contribution in [-0.4, -0.2) is 21.2 Å². The van der Waals surface area contributed by atoms with Crippen LogP contribution in [0.25, 0.3) is 16.6 Å². The maximum Gasteiger partial charge on any atom is 0.266 e. The lowest BCUT2D eigenvalue weighted by Gasteiger charge is -2.17. The van der Waals surface area contributed by atoms with Crippen LogP contribution in [0.4, 0.5) is 5.69 Å². The van der Waals surface area contributed by atoms with Crippen molar-refractivity contribution in [2.75, 3.05) is 11.1 Å². The zero-order chi connectivity index (χ0) is 22.7. The quantitative estimate of drug-likeness (QED) is 0.325. The number of nitrogens with one attached hydrogen (secondary N) is 1. The van der Waals surface area contributed by atoms with Crippen molar-refractivity contribution in [2.45, 2.75) is 32.3 Å². The van der Waals surface area contributed by atoms with Gasteiger partial charge in [-0.3, -0.25) is 14.2 Å². The summed E-state index contributed by atoms with van der Waals surface area (Å²) in [5.74, 6) is 0.0136. The van der Waals surface area contributed by atoms with Crippen molar-refractivity contribution in [3.8, 4) is 5.69 Å². The highest BCUT2D eigenvalue weighted by molar-refractivity contribution is 7.99. The molecule has 1 N–H and O–H groups in total. The van der Waals surface area contributed by atoms with Crippen molar-refractivity contribution in [1.82, 2.24) is 9.55 Å². The maximum absolute atomic E-state index is 13.5. The summed E-state index contributed by atoms with van der Waals surface area (Å²) in [7, 11) is 0. The maximum atomic E-state index is 13.5. The van der Waals surface area contributed by atoms with Gasteiger partial charge >= 0.3 is 0 Å². The Balaban J connectivity index is 1.72. The molecule has 0 fully saturated rings. The number of thioether (sulfide) groups is 1. The number of fused-ring (bicyclic) bond motifs is 1. The molecule has 1 amide bonds. The Morgan fingerprint density at radius 2 is 1.66 bits per heavy atom. The molecule has 0 atom stereocenters. The molecule has 5 nitrogen and oxygen atoms in total. The predicted octanol–water partition coefficient (Wildman–Crippen LogP) is 5.30. The van der Waals surface area contributed by atoms with Crippen LogP contribution in [-0.2, 0) is 11.2 Å². The largest absolute Gasteiger partial charge is 0.325 e. The fraction of sp³-hybridized carbons (Fsp3) is 0.192. The van der Waals surface area contributed by atoms with Crippen molar-refractivity contribution in [2.24, 2.45) is 0 Å². The molecule has 0 saturated carbocycles. The van der Waals surface area contributed by atoms with Gasteiger partial charge in [0, 0.05) is 5.69 Å². The molecule has 0 spiro atoms. The lowest BCUT2D eigenvalue weighted by molar-refractivity contribution is -0.113. The fourth-order valence-electron chi connectivity index (χ4n) is 3.83. The summed E-state index contributed by atoms with van der Waals surface area (Å²) in [6, 6.07) is 21.0. The predicted molar refractivity (Wildman–Crippen MR) is 132 cm³/mol. The van der Waals surface area contributed by atoms with Crippen LogP contribution in [0.15, 0.2) is 76.7 Å². The number of hydrogen-bond donors (Lipinski definition) is 1. The molecule has 162 valence electrons. The monoisotopic (exact) mass is 443 g/mol. The number of carbonyl (C=O) groups is 1. The first kappa shape index (κ1) is 21.8. The highest BCUT2D eigenvalue weighted by Gasteiger charge is 2.17. The minimum atomic E-state index is -0.133. The van der Waals surface area contributed by atoms with Crippen LogP contribution >= 0.6 is 11.8 Å². The van der Waals surface area contributed by atoms with Crippen LogP contribution in [0.3, 0.4) is 0 Å². The van der Waals surface area contributed by atoms with Gasteiger partial charge in [-0.15, -0.1) is 0 Å². The molecule has 0 bridgehead atoms. The number of para-hydroxylation sites is 3. The zero-order valence-electron chi connectivity index (χ0n) is 18.4. The number of carbonyl (C=O) groups excluding carboxylic acids is 1. The van der Waals surface area contributed by atoms with E-state index in [9.17, 15) is 9.59 Å². The molecule has 0 aliphatic heterocycles. The average Bonchev–Trinajstić information content (AvgIpc) is 2.79. The highest BCUT2D eigenvalue weighted by Crippen LogP contribution is 2.26. The molecule has 0 aliphatic carbocycles. The Hall–Kier alpha value is -3.38. The third-order valence-corrected chi connectivity index (χ3v) is 6.35. The summed E-state index contributed by atoms with van der Waals surface area (Å²) in [6.45, 7) is 6.02. The summed E-state index contributed by atoms with van der Waals surface area (Å²) in [6.07, 6.45) is 0.835. The number of nitrogens with zero attached hydrogens (tertiary/aromatic N) is 2. The molecular weight excluding hydrogens is 418 g/mol. The van der Waals surface area contributed by atoms with Gasteiger partial charge in [-0.25, -0.2) is 4.98 Å². The van der Waals surface area contributed by atoms with Gasteiger partial charge in [-0.05, 0) is 55.2 Å². The zero-order valence-corrected chi connectivity index (χ0v) is 19.2.